The summed E-state index contributed by atoms with van der Waals surface area (Å²) in [5, 5.41) is 36.0. The first-order valence-corrected chi connectivity index (χ1v) is 11.4. The van der Waals surface area contributed by atoms with E-state index in [9.17, 15) is 20.3 Å². The molecule has 0 saturated carbocycles. The van der Waals surface area contributed by atoms with Gasteiger partial charge in [-0.25, -0.2) is 0 Å². The van der Waals surface area contributed by atoms with E-state index in [0.29, 0.717) is 55.8 Å². The molecule has 4 rings (SSSR count). The summed E-state index contributed by atoms with van der Waals surface area (Å²) >= 11 is 0. The Morgan fingerprint density at radius 2 is 1.40 bits per heavy atom. The van der Waals surface area contributed by atoms with E-state index in [1.54, 1.807) is 36.4 Å². The molecule has 0 saturated heterocycles. The van der Waals surface area contributed by atoms with Crippen LogP contribution in [0.2, 0.25) is 0 Å². The Bertz CT molecular complexity index is 1400. The number of methoxy groups -OCH3 is 2. The third-order valence-corrected chi connectivity index (χ3v) is 6.42. The van der Waals surface area contributed by atoms with E-state index in [1.165, 1.54) is 32.5 Å². The van der Waals surface area contributed by atoms with Crippen molar-refractivity contribution in [1.82, 2.24) is 4.73 Å². The molecule has 8 nitrogen and oxygen atoms in total. The number of nitrogens with zero attached hydrogens (tertiary/aromatic N) is 2. The highest BCUT2D eigenvalue weighted by molar-refractivity contribution is 5.73. The second-order valence-corrected chi connectivity index (χ2v) is 8.16. The van der Waals surface area contributed by atoms with Crippen LogP contribution in [0.15, 0.2) is 54.7 Å². The summed E-state index contributed by atoms with van der Waals surface area (Å²) in [6.07, 6.45) is 2.15. The molecule has 0 fully saturated rings. The average Bonchev–Trinajstić information content (AvgIpc) is 2.88. The third-order valence-electron chi connectivity index (χ3n) is 6.42. The van der Waals surface area contributed by atoms with Gasteiger partial charge in [0.15, 0.2) is 0 Å². The molecule has 3 aromatic carbocycles. The summed E-state index contributed by atoms with van der Waals surface area (Å²) in [4.78, 5) is 13.0. The lowest BCUT2D eigenvalue weighted by Crippen LogP contribution is -2.24. The molecular formula is C27H28N2O6. The monoisotopic (exact) mass is 476 g/mol. The Morgan fingerprint density at radius 3 is 1.89 bits per heavy atom. The molecule has 0 aliphatic rings. The van der Waals surface area contributed by atoms with Crippen LogP contribution >= 0.6 is 0 Å². The summed E-state index contributed by atoms with van der Waals surface area (Å²) in [7, 11) is 3.06. The second kappa shape index (κ2) is 9.58. The summed E-state index contributed by atoms with van der Waals surface area (Å²) in [5.41, 5.74) is 2.51. The van der Waals surface area contributed by atoms with Crippen LogP contribution in [-0.4, -0.2) is 29.2 Å². The predicted octanol–water partition coefficient (Wildman–Crippen LogP) is 4.64. The van der Waals surface area contributed by atoms with Crippen molar-refractivity contribution in [3.8, 4) is 23.0 Å². The Hall–Kier alpha value is -4.20. The SMILES string of the molecule is CCc1c(OC)ccc(O)c1C(c1c(O)ccc(OC)c1CC)c1c[n+](=O)c2ccccc2n1[O-]. The highest BCUT2D eigenvalue weighted by Crippen LogP contribution is 2.47. The zero-order valence-corrected chi connectivity index (χ0v) is 20.1. The maximum Gasteiger partial charge on any atom is 0.285 e. The van der Waals surface area contributed by atoms with Gasteiger partial charge in [0.1, 0.15) is 28.5 Å². The van der Waals surface area contributed by atoms with Crippen molar-refractivity contribution in [3.63, 3.8) is 0 Å². The van der Waals surface area contributed by atoms with Crippen LogP contribution in [-0.2, 0) is 12.8 Å². The minimum absolute atomic E-state index is 0.0511. The molecule has 0 unspecified atom stereocenters. The van der Waals surface area contributed by atoms with E-state index in [0.717, 1.165) is 0 Å². The van der Waals surface area contributed by atoms with E-state index in [2.05, 4.69) is 0 Å². The summed E-state index contributed by atoms with van der Waals surface area (Å²) in [5.74, 6) is -0.101. The molecule has 0 radical (unpaired) electrons. The molecule has 35 heavy (non-hydrogen) atoms. The van der Waals surface area contributed by atoms with Gasteiger partial charge in [-0.3, -0.25) is 0 Å². The van der Waals surface area contributed by atoms with Gasteiger partial charge in [0.25, 0.3) is 5.52 Å². The Morgan fingerprint density at radius 1 is 0.886 bits per heavy atom. The first-order chi connectivity index (χ1) is 16.9. The molecule has 0 bridgehead atoms. The molecule has 4 aromatic rings. The predicted molar refractivity (Wildman–Crippen MR) is 133 cm³/mol. The number of aromatic hydroxyl groups is 2. The van der Waals surface area contributed by atoms with Gasteiger partial charge < -0.3 is 29.6 Å². The molecule has 1 aromatic heterocycles. The van der Waals surface area contributed by atoms with Gasteiger partial charge in [-0.15, -0.1) is 0 Å². The fraction of sp³-hybridized carbons (Fsp3) is 0.259. The molecule has 8 heteroatoms. The van der Waals surface area contributed by atoms with Crippen LogP contribution in [0.25, 0.3) is 11.0 Å². The van der Waals surface area contributed by atoms with E-state index < -0.39 is 5.92 Å². The van der Waals surface area contributed by atoms with Gasteiger partial charge in [0.2, 0.25) is 6.20 Å². The number of hydrogen-bond donors (Lipinski definition) is 2. The van der Waals surface area contributed by atoms with Crippen molar-refractivity contribution < 1.29 is 24.1 Å². The number of para-hydroxylation sites is 2. The quantitative estimate of drug-likeness (QED) is 0.376. The first kappa shape index (κ1) is 23.9. The lowest BCUT2D eigenvalue weighted by molar-refractivity contribution is -0.465. The van der Waals surface area contributed by atoms with Gasteiger partial charge in [0, 0.05) is 33.2 Å². The lowest BCUT2D eigenvalue weighted by Gasteiger charge is -2.29. The number of aromatic nitrogens is 2. The fourth-order valence-corrected chi connectivity index (χ4v) is 4.86. The molecule has 0 amide bonds. The van der Waals surface area contributed by atoms with Gasteiger partial charge >= 0.3 is 0 Å². The second-order valence-electron chi connectivity index (χ2n) is 8.16. The number of phenols is 2. The van der Waals surface area contributed by atoms with Crippen molar-refractivity contribution in [2.24, 2.45) is 0 Å². The Balaban J connectivity index is 2.22. The van der Waals surface area contributed by atoms with Gasteiger partial charge in [-0.05, 0) is 43.2 Å². The maximum atomic E-state index is 13.7. The number of fused-ring (bicyclic) bond motifs is 1. The highest BCUT2D eigenvalue weighted by atomic mass is 16.5. The van der Waals surface area contributed by atoms with Crippen molar-refractivity contribution >= 4 is 11.0 Å². The van der Waals surface area contributed by atoms with Gasteiger partial charge in [-0.1, -0.05) is 26.0 Å². The number of rotatable bonds is 7. The van der Waals surface area contributed by atoms with Gasteiger partial charge in [-0.2, -0.15) is 0 Å². The zero-order valence-electron chi connectivity index (χ0n) is 20.1. The molecule has 2 N–H and O–H groups in total. The molecule has 1 heterocycles. The fourth-order valence-electron chi connectivity index (χ4n) is 4.86. The van der Waals surface area contributed by atoms with Crippen molar-refractivity contribution in [3.05, 3.63) is 92.8 Å². The minimum Gasteiger partial charge on any atom is -0.805 e. The van der Waals surface area contributed by atoms with E-state index in [-0.39, 0.29) is 28.2 Å². The van der Waals surface area contributed by atoms with Crippen molar-refractivity contribution in [2.75, 3.05) is 14.2 Å². The normalized spacial score (nSPS) is 11.2. The maximum absolute atomic E-state index is 13.7. The highest BCUT2D eigenvalue weighted by Gasteiger charge is 2.33. The molecule has 0 aliphatic heterocycles. The van der Waals surface area contributed by atoms with Crippen molar-refractivity contribution in [1.29, 1.82) is 0 Å². The Kier molecular flexibility index (Phi) is 6.55. The van der Waals surface area contributed by atoms with Crippen LogP contribution in [0.1, 0.15) is 47.7 Å². The molecule has 182 valence electrons. The van der Waals surface area contributed by atoms with E-state index >= 15 is 0 Å². The van der Waals surface area contributed by atoms with Crippen LogP contribution < -0.4 is 13.9 Å². The molecular weight excluding hydrogens is 448 g/mol. The third kappa shape index (κ3) is 3.90. The van der Waals surface area contributed by atoms with Crippen LogP contribution in [0, 0.1) is 10.1 Å². The molecule has 0 spiro atoms. The Labute approximate surface area is 202 Å². The summed E-state index contributed by atoms with van der Waals surface area (Å²) in [6, 6.07) is 12.8. The van der Waals surface area contributed by atoms with Crippen molar-refractivity contribution in [2.45, 2.75) is 32.6 Å². The van der Waals surface area contributed by atoms with Crippen LogP contribution in [0.3, 0.4) is 0 Å². The molecule has 0 aliphatic carbocycles. The van der Waals surface area contributed by atoms with E-state index in [1.807, 2.05) is 13.8 Å². The summed E-state index contributed by atoms with van der Waals surface area (Å²) in [6.45, 7) is 3.81. The first-order valence-electron chi connectivity index (χ1n) is 11.4. The minimum atomic E-state index is -0.993. The number of phenolic OH excluding ortho intramolecular Hbond substituents is 2. The number of benzene rings is 3. The number of ether oxygens (including phenoxy) is 2. The average molecular weight is 477 g/mol. The zero-order chi connectivity index (χ0) is 25.3. The standard InChI is InChI=1S/C27H28N2O6/c1-5-16-23(34-3)13-11-21(30)25(16)27(26-17(6-2)24(35-4)14-12-22(26)31)20-15-28(32)18-9-7-8-10-19(18)29(20)33/h7-15,27,30-31H,5-6H2,1-4H3. The summed E-state index contributed by atoms with van der Waals surface area (Å²) < 4.78 is 12.4. The number of hydrogen-bond acceptors (Lipinski definition) is 6. The largest absolute Gasteiger partial charge is 0.805 e. The lowest BCUT2D eigenvalue weighted by atomic mass is 9.80. The van der Waals surface area contributed by atoms with E-state index in [4.69, 9.17) is 9.47 Å². The van der Waals surface area contributed by atoms with Crippen LogP contribution in [0.5, 0.6) is 23.0 Å². The molecule has 0 atom stereocenters. The van der Waals surface area contributed by atoms with Crippen LogP contribution in [0.4, 0.5) is 0 Å². The smallest absolute Gasteiger partial charge is 0.285 e. The van der Waals surface area contributed by atoms with Gasteiger partial charge in [0.05, 0.1) is 30.3 Å². The topological polar surface area (TPSA) is 110 Å².